The minimum absolute atomic E-state index is 0.0987. The second kappa shape index (κ2) is 9.40. The summed E-state index contributed by atoms with van der Waals surface area (Å²) in [4.78, 5) is 13.1. The molecule has 1 unspecified atom stereocenters. The van der Waals surface area contributed by atoms with Crippen LogP contribution in [-0.4, -0.2) is 31.2 Å². The quantitative estimate of drug-likeness (QED) is 0.391. The summed E-state index contributed by atoms with van der Waals surface area (Å²) in [5, 5.41) is 4.65. The van der Waals surface area contributed by atoms with Crippen LogP contribution in [0.3, 0.4) is 0 Å². The van der Waals surface area contributed by atoms with E-state index < -0.39 is 15.9 Å². The summed E-state index contributed by atoms with van der Waals surface area (Å²) in [6.07, 6.45) is 0. The summed E-state index contributed by atoms with van der Waals surface area (Å²) in [6, 6.07) is 23.7. The highest BCUT2D eigenvalue weighted by atomic mass is 32.2. The zero-order valence-electron chi connectivity index (χ0n) is 18.7. The zero-order chi connectivity index (χ0) is 24.3. The lowest BCUT2D eigenvalue weighted by Gasteiger charge is -2.16. The molecule has 0 aliphatic heterocycles. The van der Waals surface area contributed by atoms with Crippen LogP contribution >= 0.6 is 0 Å². The van der Waals surface area contributed by atoms with E-state index in [0.717, 1.165) is 11.1 Å². The van der Waals surface area contributed by atoms with Gasteiger partial charge in [0.2, 0.25) is 0 Å². The van der Waals surface area contributed by atoms with Gasteiger partial charge in [0.15, 0.2) is 0 Å². The summed E-state index contributed by atoms with van der Waals surface area (Å²) < 4.78 is 34.5. The van der Waals surface area contributed by atoms with Crippen LogP contribution in [0.4, 0.5) is 5.69 Å². The van der Waals surface area contributed by atoms with Crippen molar-refractivity contribution < 1.29 is 17.9 Å². The van der Waals surface area contributed by atoms with Crippen molar-refractivity contribution in [2.75, 3.05) is 12.8 Å². The van der Waals surface area contributed by atoms with Crippen LogP contribution in [0.25, 0.3) is 11.3 Å². The van der Waals surface area contributed by atoms with Gasteiger partial charge in [-0.2, -0.15) is 5.10 Å². The monoisotopic (exact) mass is 476 g/mol. The van der Waals surface area contributed by atoms with E-state index in [4.69, 9.17) is 10.5 Å². The molecule has 34 heavy (non-hydrogen) atoms. The Morgan fingerprint density at radius 3 is 2.35 bits per heavy atom. The molecule has 1 aromatic heterocycles. The lowest BCUT2D eigenvalue weighted by atomic mass is 10.1. The molecular weight excluding hydrogens is 452 g/mol. The second-order valence-corrected chi connectivity index (χ2v) is 9.36. The molecule has 4 rings (SSSR count). The van der Waals surface area contributed by atoms with Crippen molar-refractivity contribution in [2.24, 2.45) is 0 Å². The molecule has 0 spiro atoms. The van der Waals surface area contributed by atoms with Crippen LogP contribution in [0, 0.1) is 0 Å². The highest BCUT2D eigenvalue weighted by Gasteiger charge is 2.25. The van der Waals surface area contributed by atoms with Gasteiger partial charge in [-0.1, -0.05) is 36.4 Å². The SMILES string of the molecule is COc1ccc(-c2cc(C(=O)NS(=O)(=O)c3cccc(N)c3)n(C(C)c3ccccc3)n2)cc1. The van der Waals surface area contributed by atoms with Crippen LogP contribution in [-0.2, 0) is 10.0 Å². The van der Waals surface area contributed by atoms with E-state index >= 15 is 0 Å². The second-order valence-electron chi connectivity index (χ2n) is 7.68. The number of nitrogens with two attached hydrogens (primary N) is 1. The number of ether oxygens (including phenoxy) is 1. The summed E-state index contributed by atoms with van der Waals surface area (Å²) >= 11 is 0. The number of rotatable bonds is 7. The number of methoxy groups -OCH3 is 1. The van der Waals surface area contributed by atoms with Crippen molar-refractivity contribution in [1.29, 1.82) is 0 Å². The van der Waals surface area contributed by atoms with E-state index in [1.807, 2.05) is 49.4 Å². The third kappa shape index (κ3) is 4.79. The maximum atomic E-state index is 13.2. The third-order valence-electron chi connectivity index (χ3n) is 5.40. The minimum Gasteiger partial charge on any atom is -0.497 e. The number of aromatic nitrogens is 2. The Morgan fingerprint density at radius 2 is 1.71 bits per heavy atom. The fourth-order valence-corrected chi connectivity index (χ4v) is 4.57. The average Bonchev–Trinajstić information content (AvgIpc) is 3.30. The van der Waals surface area contributed by atoms with Crippen molar-refractivity contribution in [2.45, 2.75) is 17.9 Å². The molecule has 0 fully saturated rings. The Morgan fingerprint density at radius 1 is 1.00 bits per heavy atom. The lowest BCUT2D eigenvalue weighted by Crippen LogP contribution is -2.33. The van der Waals surface area contributed by atoms with Gasteiger partial charge in [-0.3, -0.25) is 9.48 Å². The van der Waals surface area contributed by atoms with Gasteiger partial charge in [-0.25, -0.2) is 13.1 Å². The number of carbonyl (C=O) groups is 1. The first-order valence-electron chi connectivity index (χ1n) is 10.5. The highest BCUT2D eigenvalue weighted by molar-refractivity contribution is 7.90. The lowest BCUT2D eigenvalue weighted by molar-refractivity contribution is 0.0969. The first kappa shape index (κ1) is 23.1. The molecule has 3 N–H and O–H groups in total. The normalized spacial score (nSPS) is 12.2. The number of anilines is 1. The Hall–Kier alpha value is -4.11. The summed E-state index contributed by atoms with van der Waals surface area (Å²) in [6.45, 7) is 1.89. The molecule has 0 aliphatic carbocycles. The molecule has 1 amide bonds. The van der Waals surface area contributed by atoms with Gasteiger partial charge in [-0.05, 0) is 61.0 Å². The smallest absolute Gasteiger partial charge is 0.283 e. The van der Waals surface area contributed by atoms with E-state index in [2.05, 4.69) is 9.82 Å². The van der Waals surface area contributed by atoms with Gasteiger partial charge in [0.05, 0.1) is 23.7 Å². The van der Waals surface area contributed by atoms with Gasteiger partial charge >= 0.3 is 0 Å². The van der Waals surface area contributed by atoms with Crippen molar-refractivity contribution >= 4 is 21.6 Å². The number of carbonyl (C=O) groups excluding carboxylic acids is 1. The maximum absolute atomic E-state index is 13.2. The number of nitrogens with one attached hydrogen (secondary N) is 1. The van der Waals surface area contributed by atoms with E-state index in [-0.39, 0.29) is 22.3 Å². The van der Waals surface area contributed by atoms with Crippen LogP contribution in [0.1, 0.15) is 29.0 Å². The van der Waals surface area contributed by atoms with Crippen LogP contribution in [0.2, 0.25) is 0 Å². The molecule has 0 radical (unpaired) electrons. The molecule has 8 nitrogen and oxygen atoms in total. The zero-order valence-corrected chi connectivity index (χ0v) is 19.5. The number of hydrogen-bond acceptors (Lipinski definition) is 6. The molecule has 174 valence electrons. The molecule has 3 aromatic carbocycles. The van der Waals surface area contributed by atoms with E-state index in [1.54, 1.807) is 31.4 Å². The fourth-order valence-electron chi connectivity index (χ4n) is 3.55. The average molecular weight is 477 g/mol. The summed E-state index contributed by atoms with van der Waals surface area (Å²) in [5.74, 6) is -0.107. The molecule has 0 aliphatic rings. The number of nitrogen functional groups attached to an aromatic ring is 1. The topological polar surface area (TPSA) is 116 Å². The predicted molar refractivity (Wildman–Crippen MR) is 130 cm³/mol. The molecule has 1 atom stereocenters. The predicted octanol–water partition coefficient (Wildman–Crippen LogP) is 3.87. The molecule has 0 saturated heterocycles. The van der Waals surface area contributed by atoms with E-state index in [0.29, 0.717) is 11.4 Å². The van der Waals surface area contributed by atoms with Crippen LogP contribution in [0.5, 0.6) is 5.75 Å². The third-order valence-corrected chi connectivity index (χ3v) is 6.73. The molecular formula is C25H24N4O4S. The number of nitrogens with zero attached hydrogens (tertiary/aromatic N) is 2. The Labute approximate surface area is 198 Å². The van der Waals surface area contributed by atoms with Crippen molar-refractivity contribution in [1.82, 2.24) is 14.5 Å². The minimum atomic E-state index is -4.14. The molecule has 0 saturated carbocycles. The molecule has 1 heterocycles. The van der Waals surface area contributed by atoms with Crippen molar-refractivity contribution in [3.63, 3.8) is 0 Å². The van der Waals surface area contributed by atoms with Gasteiger partial charge in [-0.15, -0.1) is 0 Å². The summed E-state index contributed by atoms with van der Waals surface area (Å²) in [5.41, 5.74) is 8.30. The first-order chi connectivity index (χ1) is 16.3. The van der Waals surface area contributed by atoms with Crippen LogP contribution < -0.4 is 15.2 Å². The Kier molecular flexibility index (Phi) is 6.38. The van der Waals surface area contributed by atoms with Gasteiger partial charge in [0, 0.05) is 11.3 Å². The fraction of sp³-hybridized carbons (Fsp3) is 0.120. The van der Waals surface area contributed by atoms with Crippen molar-refractivity contribution in [3.05, 3.63) is 96.2 Å². The highest BCUT2D eigenvalue weighted by Crippen LogP contribution is 2.26. The first-order valence-corrected chi connectivity index (χ1v) is 12.0. The van der Waals surface area contributed by atoms with E-state index in [1.165, 1.54) is 22.9 Å². The molecule has 4 aromatic rings. The van der Waals surface area contributed by atoms with Gasteiger partial charge < -0.3 is 10.5 Å². The number of amides is 1. The Balaban J connectivity index is 1.74. The Bertz CT molecular complexity index is 1420. The van der Waals surface area contributed by atoms with Gasteiger partial charge in [0.25, 0.3) is 15.9 Å². The molecule has 9 heteroatoms. The number of benzene rings is 3. The van der Waals surface area contributed by atoms with Gasteiger partial charge in [0.1, 0.15) is 11.4 Å². The number of sulfonamides is 1. The molecule has 0 bridgehead atoms. The largest absolute Gasteiger partial charge is 0.497 e. The number of hydrogen-bond donors (Lipinski definition) is 2. The standard InChI is InChI=1S/C25H24N4O4S/c1-17(18-7-4-3-5-8-18)29-24(16-23(27-29)19-11-13-21(33-2)14-12-19)25(30)28-34(31,32)22-10-6-9-20(26)15-22/h3-17H,26H2,1-2H3,(H,28,30). The van der Waals surface area contributed by atoms with E-state index in [9.17, 15) is 13.2 Å². The maximum Gasteiger partial charge on any atom is 0.283 e. The van der Waals surface area contributed by atoms with Crippen molar-refractivity contribution in [3.8, 4) is 17.0 Å². The summed E-state index contributed by atoms with van der Waals surface area (Å²) in [7, 11) is -2.56. The van der Waals surface area contributed by atoms with Crippen LogP contribution in [0.15, 0.2) is 89.8 Å².